The van der Waals surface area contributed by atoms with Crippen molar-refractivity contribution < 1.29 is 14.4 Å². The summed E-state index contributed by atoms with van der Waals surface area (Å²) in [5.74, 6) is 1.96. The van der Waals surface area contributed by atoms with Crippen LogP contribution in [0.1, 0.15) is 24.5 Å². The van der Waals surface area contributed by atoms with Gasteiger partial charge >= 0.3 is 5.17 Å². The smallest absolute Gasteiger partial charge is 0.316 e. The highest BCUT2D eigenvalue weighted by Gasteiger charge is 2.53. The van der Waals surface area contributed by atoms with Gasteiger partial charge in [-0.1, -0.05) is 29.8 Å². The van der Waals surface area contributed by atoms with Gasteiger partial charge in [-0.15, -0.1) is 0 Å². The summed E-state index contributed by atoms with van der Waals surface area (Å²) in [7, 11) is 0. The van der Waals surface area contributed by atoms with Crippen molar-refractivity contribution in [3.63, 3.8) is 0 Å². The Morgan fingerprint density at radius 2 is 1.88 bits per heavy atom. The van der Waals surface area contributed by atoms with Gasteiger partial charge in [0.25, 0.3) is 5.72 Å². The van der Waals surface area contributed by atoms with Crippen LogP contribution in [0.5, 0.6) is 5.75 Å². The van der Waals surface area contributed by atoms with Crippen LogP contribution in [-0.4, -0.2) is 40.3 Å². The molecule has 1 N–H and O–H groups in total. The number of aliphatic hydroxyl groups is 1. The number of aryl methyl sites for hydroxylation is 1. The van der Waals surface area contributed by atoms with Crippen LogP contribution >= 0.6 is 11.8 Å². The third-order valence-electron chi connectivity index (χ3n) is 5.02. The first kappa shape index (κ1) is 17.4. The first-order chi connectivity index (χ1) is 12.6. The van der Waals surface area contributed by atoms with E-state index in [1.165, 1.54) is 5.56 Å². The molecule has 0 aliphatic carbocycles. The van der Waals surface area contributed by atoms with Crippen molar-refractivity contribution in [1.82, 2.24) is 0 Å². The Hall–Kier alpha value is -1.98. The monoisotopic (exact) mass is 369 g/mol. The third kappa shape index (κ3) is 2.99. The van der Waals surface area contributed by atoms with Gasteiger partial charge in [0.2, 0.25) is 0 Å². The Labute approximate surface area is 159 Å². The average molecular weight is 370 g/mol. The van der Waals surface area contributed by atoms with E-state index < -0.39 is 5.72 Å². The molecule has 2 aromatic rings. The molecule has 0 radical (unpaired) electrons. The Balaban J connectivity index is 1.71. The highest BCUT2D eigenvalue weighted by Crippen LogP contribution is 2.38. The zero-order valence-corrected chi connectivity index (χ0v) is 16.1. The van der Waals surface area contributed by atoms with Crippen LogP contribution in [-0.2, 0) is 5.72 Å². The van der Waals surface area contributed by atoms with E-state index in [0.717, 1.165) is 40.9 Å². The predicted octanol–water partition coefficient (Wildman–Crippen LogP) is 3.56. The molecule has 0 saturated carbocycles. The Bertz CT molecular complexity index is 817. The summed E-state index contributed by atoms with van der Waals surface area (Å²) in [6.45, 7) is 6.13. The molecule has 2 aromatic carbocycles. The Kier molecular flexibility index (Phi) is 4.67. The van der Waals surface area contributed by atoms with E-state index >= 15 is 0 Å². The van der Waals surface area contributed by atoms with E-state index in [1.807, 2.05) is 43.0 Å². The molecule has 0 aromatic heterocycles. The lowest BCUT2D eigenvalue weighted by atomic mass is 10.0. The van der Waals surface area contributed by atoms with Gasteiger partial charge in [0.1, 0.15) is 11.4 Å². The Morgan fingerprint density at radius 3 is 2.58 bits per heavy atom. The van der Waals surface area contributed by atoms with Gasteiger partial charge in [0, 0.05) is 11.3 Å². The van der Waals surface area contributed by atoms with E-state index in [2.05, 4.69) is 40.7 Å². The van der Waals surface area contributed by atoms with E-state index in [-0.39, 0.29) is 0 Å². The fraction of sp³-hybridized carbons (Fsp3) is 0.381. The Morgan fingerprint density at radius 1 is 1.15 bits per heavy atom. The standard InChI is InChI=1S/C21H25N2O2S/c1-3-25-19-11-9-18(10-12-19)22-15-21(24,17-7-5-16(2)6-8-17)23-13-4-14-26-20(22)23/h5-12,24H,3-4,13-15H2,1-2H3/q+1. The molecule has 0 amide bonds. The van der Waals surface area contributed by atoms with E-state index in [0.29, 0.717) is 13.2 Å². The summed E-state index contributed by atoms with van der Waals surface area (Å²) in [5, 5.41) is 12.8. The zero-order valence-electron chi connectivity index (χ0n) is 15.3. The molecule has 0 fully saturated rings. The molecule has 4 nitrogen and oxygen atoms in total. The summed E-state index contributed by atoms with van der Waals surface area (Å²) in [4.78, 5) is 2.24. The van der Waals surface area contributed by atoms with Crippen LogP contribution in [0.25, 0.3) is 0 Å². The number of rotatable bonds is 4. The maximum absolute atomic E-state index is 11.6. The lowest BCUT2D eigenvalue weighted by Gasteiger charge is -2.24. The fourth-order valence-corrected chi connectivity index (χ4v) is 4.84. The molecule has 0 spiro atoms. The van der Waals surface area contributed by atoms with Gasteiger partial charge in [0.15, 0.2) is 6.54 Å². The van der Waals surface area contributed by atoms with Crippen LogP contribution in [0.2, 0.25) is 0 Å². The van der Waals surface area contributed by atoms with Crippen molar-refractivity contribution in [1.29, 1.82) is 0 Å². The van der Waals surface area contributed by atoms with Gasteiger partial charge < -0.3 is 9.84 Å². The third-order valence-corrected chi connectivity index (χ3v) is 6.21. The maximum atomic E-state index is 11.6. The molecule has 26 heavy (non-hydrogen) atoms. The summed E-state index contributed by atoms with van der Waals surface area (Å²) >= 11 is 1.83. The molecule has 4 rings (SSSR count). The second-order valence-electron chi connectivity index (χ2n) is 6.83. The average Bonchev–Trinajstić information content (AvgIpc) is 2.98. The minimum absolute atomic E-state index is 0.534. The molecule has 136 valence electrons. The van der Waals surface area contributed by atoms with Gasteiger partial charge in [-0.25, -0.2) is 9.48 Å². The number of β-amino-alcohol motifs (C(OH)–C–C–N with tert-alkyl or cyclic N) is 1. The lowest BCUT2D eigenvalue weighted by Crippen LogP contribution is -2.41. The maximum Gasteiger partial charge on any atom is 0.316 e. The van der Waals surface area contributed by atoms with Gasteiger partial charge in [-0.3, -0.25) is 0 Å². The number of amidine groups is 1. The molecule has 5 heteroatoms. The van der Waals surface area contributed by atoms with Crippen molar-refractivity contribution in [3.8, 4) is 5.75 Å². The van der Waals surface area contributed by atoms with Crippen molar-refractivity contribution in [2.45, 2.75) is 26.0 Å². The molecule has 2 aliphatic rings. The minimum Gasteiger partial charge on any atom is -0.494 e. The van der Waals surface area contributed by atoms with Crippen molar-refractivity contribution in [2.75, 3.05) is 30.3 Å². The molecule has 1 unspecified atom stereocenters. The van der Waals surface area contributed by atoms with Crippen LogP contribution < -0.4 is 9.64 Å². The van der Waals surface area contributed by atoms with Crippen LogP contribution in [0.4, 0.5) is 5.69 Å². The SMILES string of the molecule is CCOc1ccc(N2CC(O)(c3ccc(C)cc3)[N+]3=C2SCCC3)cc1. The normalized spacial score (nSPS) is 22.5. The van der Waals surface area contributed by atoms with Gasteiger partial charge in [-0.05, 0) is 56.3 Å². The van der Waals surface area contributed by atoms with E-state index in [1.54, 1.807) is 0 Å². The number of ether oxygens (including phenoxy) is 1. The molecule has 1 atom stereocenters. The van der Waals surface area contributed by atoms with Crippen LogP contribution in [0, 0.1) is 6.92 Å². The van der Waals surface area contributed by atoms with Crippen LogP contribution in [0.15, 0.2) is 48.5 Å². The van der Waals surface area contributed by atoms with Gasteiger partial charge in [0.05, 0.1) is 13.2 Å². The lowest BCUT2D eigenvalue weighted by molar-refractivity contribution is -0.656. The fourth-order valence-electron chi connectivity index (χ4n) is 3.66. The largest absolute Gasteiger partial charge is 0.494 e. The highest BCUT2D eigenvalue weighted by atomic mass is 32.2. The van der Waals surface area contributed by atoms with Crippen molar-refractivity contribution in [3.05, 3.63) is 59.7 Å². The minimum atomic E-state index is -0.991. The number of thioether (sulfide) groups is 1. The molecule has 2 aliphatic heterocycles. The second kappa shape index (κ2) is 6.97. The predicted molar refractivity (Wildman–Crippen MR) is 107 cm³/mol. The highest BCUT2D eigenvalue weighted by molar-refractivity contribution is 8.13. The van der Waals surface area contributed by atoms with E-state index in [9.17, 15) is 5.11 Å². The number of nitrogens with zero attached hydrogens (tertiary/aromatic N) is 2. The number of hydrogen-bond donors (Lipinski definition) is 1. The van der Waals surface area contributed by atoms with Crippen LogP contribution in [0.3, 0.4) is 0 Å². The summed E-state index contributed by atoms with van der Waals surface area (Å²) < 4.78 is 7.73. The molecule has 0 bridgehead atoms. The van der Waals surface area contributed by atoms with Gasteiger partial charge in [-0.2, -0.15) is 0 Å². The van der Waals surface area contributed by atoms with Crippen molar-refractivity contribution >= 4 is 22.6 Å². The molecular formula is C21H25N2O2S+. The molecule has 0 saturated heterocycles. The number of hydrogen-bond acceptors (Lipinski definition) is 4. The second-order valence-corrected chi connectivity index (χ2v) is 7.89. The zero-order chi connectivity index (χ0) is 18.1. The molecular weight excluding hydrogens is 344 g/mol. The quantitative estimate of drug-likeness (QED) is 0.836. The summed E-state index contributed by atoms with van der Waals surface area (Å²) in [6.07, 6.45) is 1.08. The number of anilines is 1. The topological polar surface area (TPSA) is 35.7 Å². The first-order valence-electron chi connectivity index (χ1n) is 9.19. The number of benzene rings is 2. The summed E-state index contributed by atoms with van der Waals surface area (Å²) in [6, 6.07) is 16.4. The van der Waals surface area contributed by atoms with Crippen molar-refractivity contribution in [2.24, 2.45) is 0 Å². The summed E-state index contributed by atoms with van der Waals surface area (Å²) in [5.41, 5.74) is 2.26. The first-order valence-corrected chi connectivity index (χ1v) is 10.2. The molecule has 2 heterocycles. The van der Waals surface area contributed by atoms with E-state index in [4.69, 9.17) is 4.74 Å².